The Balaban J connectivity index is 0.000000211. The third kappa shape index (κ3) is 4.19. The summed E-state index contributed by atoms with van der Waals surface area (Å²) >= 11 is 5.54. The Kier molecular flexibility index (Phi) is 5.00. The molecular formula is C16H13ClO4S. The van der Waals surface area contributed by atoms with Gasteiger partial charge in [0.2, 0.25) is 0 Å². The van der Waals surface area contributed by atoms with Crippen LogP contribution in [0.25, 0.3) is 11.0 Å². The molecule has 6 heteroatoms. The lowest BCUT2D eigenvalue weighted by atomic mass is 10.2. The predicted octanol–water partition coefficient (Wildman–Crippen LogP) is 3.54. The van der Waals surface area contributed by atoms with Gasteiger partial charge in [-0.1, -0.05) is 48.0 Å². The molecule has 114 valence electrons. The van der Waals surface area contributed by atoms with E-state index in [1.807, 2.05) is 30.3 Å². The molecule has 0 spiro atoms. The minimum absolute atomic E-state index is 0.304. The molecule has 2 aromatic carbocycles. The normalized spacial score (nSPS) is 10.8. The van der Waals surface area contributed by atoms with Gasteiger partial charge in [0.05, 0.1) is 0 Å². The van der Waals surface area contributed by atoms with Gasteiger partial charge in [0.1, 0.15) is 5.58 Å². The van der Waals surface area contributed by atoms with Crippen LogP contribution in [0.1, 0.15) is 0 Å². The standard InChI is InChI=1S/C10H8O4S.C6H5Cl/c1-15(12,13)9-6-7-4-2-3-5-8(7)14-10(9)11;7-6-4-2-1-3-5-6/h2-6H,1H3;1-5H. The molecule has 3 rings (SSSR count). The van der Waals surface area contributed by atoms with E-state index in [1.165, 1.54) is 6.07 Å². The molecule has 4 nitrogen and oxygen atoms in total. The monoisotopic (exact) mass is 336 g/mol. The maximum atomic E-state index is 11.3. The van der Waals surface area contributed by atoms with Crippen LogP contribution in [0.4, 0.5) is 0 Å². The first-order valence-corrected chi connectivity index (χ1v) is 8.58. The average molecular weight is 337 g/mol. The smallest absolute Gasteiger partial charge is 0.355 e. The van der Waals surface area contributed by atoms with Crippen LogP contribution in [0.5, 0.6) is 0 Å². The first-order chi connectivity index (χ1) is 10.4. The molecule has 22 heavy (non-hydrogen) atoms. The van der Waals surface area contributed by atoms with E-state index in [4.69, 9.17) is 16.0 Å². The Labute approximate surface area is 132 Å². The van der Waals surface area contributed by atoms with Crippen LogP contribution in [0, 0.1) is 0 Å². The molecule has 0 unspecified atom stereocenters. The van der Waals surface area contributed by atoms with Gasteiger partial charge in [0.15, 0.2) is 14.7 Å². The molecule has 0 aliphatic rings. The van der Waals surface area contributed by atoms with E-state index >= 15 is 0 Å². The van der Waals surface area contributed by atoms with Gasteiger partial charge in [-0.05, 0) is 24.3 Å². The molecule has 0 atom stereocenters. The van der Waals surface area contributed by atoms with Crippen molar-refractivity contribution in [3.63, 3.8) is 0 Å². The largest absolute Gasteiger partial charge is 0.422 e. The summed E-state index contributed by atoms with van der Waals surface area (Å²) in [5.74, 6) is 0. The van der Waals surface area contributed by atoms with Crippen LogP contribution in [-0.4, -0.2) is 14.7 Å². The molecule has 0 N–H and O–H groups in total. The molecule has 1 aromatic heterocycles. The second kappa shape index (κ2) is 6.77. The van der Waals surface area contributed by atoms with Crippen LogP contribution >= 0.6 is 11.6 Å². The lowest BCUT2D eigenvalue weighted by Crippen LogP contribution is -2.12. The summed E-state index contributed by atoms with van der Waals surface area (Å²) in [6.45, 7) is 0. The number of hydrogen-bond acceptors (Lipinski definition) is 4. The summed E-state index contributed by atoms with van der Waals surface area (Å²) in [4.78, 5) is 11.0. The Hall–Kier alpha value is -2.11. The van der Waals surface area contributed by atoms with Crippen molar-refractivity contribution < 1.29 is 12.8 Å². The van der Waals surface area contributed by atoms with Crippen molar-refractivity contribution in [2.75, 3.05) is 6.26 Å². The van der Waals surface area contributed by atoms with Crippen molar-refractivity contribution in [1.29, 1.82) is 0 Å². The van der Waals surface area contributed by atoms with Gasteiger partial charge in [0.25, 0.3) is 0 Å². The number of para-hydroxylation sites is 1. The number of halogens is 1. The topological polar surface area (TPSA) is 64.3 Å². The van der Waals surface area contributed by atoms with E-state index in [0.717, 1.165) is 11.3 Å². The summed E-state index contributed by atoms with van der Waals surface area (Å²) < 4.78 is 27.4. The zero-order valence-electron chi connectivity index (χ0n) is 11.7. The predicted molar refractivity (Wildman–Crippen MR) is 87.0 cm³/mol. The van der Waals surface area contributed by atoms with Gasteiger partial charge in [0, 0.05) is 16.7 Å². The van der Waals surface area contributed by atoms with Crippen LogP contribution < -0.4 is 5.63 Å². The van der Waals surface area contributed by atoms with Crippen LogP contribution in [0.3, 0.4) is 0 Å². The minimum Gasteiger partial charge on any atom is -0.422 e. The molecule has 1 heterocycles. The number of benzene rings is 2. The van der Waals surface area contributed by atoms with Gasteiger partial charge in [-0.3, -0.25) is 0 Å². The maximum absolute atomic E-state index is 11.3. The quantitative estimate of drug-likeness (QED) is 0.638. The number of sulfone groups is 1. The molecule has 3 aromatic rings. The zero-order valence-corrected chi connectivity index (χ0v) is 13.3. The first-order valence-electron chi connectivity index (χ1n) is 6.31. The van der Waals surface area contributed by atoms with Gasteiger partial charge in [-0.25, -0.2) is 13.2 Å². The molecule has 0 bridgehead atoms. The van der Waals surface area contributed by atoms with Crippen LogP contribution in [0.15, 0.2) is 74.8 Å². The van der Waals surface area contributed by atoms with Crippen molar-refractivity contribution >= 4 is 32.4 Å². The van der Waals surface area contributed by atoms with Gasteiger partial charge in [-0.15, -0.1) is 0 Å². The Morgan fingerprint density at radius 1 is 0.955 bits per heavy atom. The molecule has 0 saturated heterocycles. The fraction of sp³-hybridized carbons (Fsp3) is 0.0625. The average Bonchev–Trinajstić information content (AvgIpc) is 2.47. The van der Waals surface area contributed by atoms with Crippen molar-refractivity contribution in [1.82, 2.24) is 0 Å². The SMILES string of the molecule is CS(=O)(=O)c1cc2ccccc2oc1=O.Clc1ccccc1. The van der Waals surface area contributed by atoms with Crippen LogP contribution in [-0.2, 0) is 9.84 Å². The fourth-order valence-corrected chi connectivity index (χ4v) is 2.55. The highest BCUT2D eigenvalue weighted by molar-refractivity contribution is 7.90. The van der Waals surface area contributed by atoms with E-state index in [0.29, 0.717) is 11.0 Å². The molecule has 0 fully saturated rings. The number of fused-ring (bicyclic) bond motifs is 1. The molecular weight excluding hydrogens is 324 g/mol. The summed E-state index contributed by atoms with van der Waals surface area (Å²) in [6, 6.07) is 17.5. The first kappa shape index (κ1) is 16.3. The lowest BCUT2D eigenvalue weighted by Gasteiger charge is -1.98. The van der Waals surface area contributed by atoms with E-state index in [1.54, 1.807) is 24.3 Å². The Bertz CT molecular complexity index is 931. The molecule has 0 amide bonds. The van der Waals surface area contributed by atoms with Crippen molar-refractivity contribution in [3.05, 3.63) is 76.1 Å². The highest BCUT2D eigenvalue weighted by atomic mass is 35.5. The zero-order chi connectivity index (χ0) is 16.2. The highest BCUT2D eigenvalue weighted by Gasteiger charge is 2.14. The summed E-state index contributed by atoms with van der Waals surface area (Å²) in [5.41, 5.74) is -0.439. The van der Waals surface area contributed by atoms with Crippen molar-refractivity contribution in [2.45, 2.75) is 4.90 Å². The molecule has 0 aliphatic carbocycles. The van der Waals surface area contributed by atoms with Gasteiger partial charge < -0.3 is 4.42 Å². The fourth-order valence-electron chi connectivity index (χ4n) is 1.72. The molecule has 0 radical (unpaired) electrons. The van der Waals surface area contributed by atoms with E-state index in [2.05, 4.69) is 0 Å². The van der Waals surface area contributed by atoms with Crippen LogP contribution in [0.2, 0.25) is 5.02 Å². The van der Waals surface area contributed by atoms with E-state index in [-0.39, 0.29) is 4.90 Å². The summed E-state index contributed by atoms with van der Waals surface area (Å²) in [7, 11) is -3.53. The van der Waals surface area contributed by atoms with Gasteiger partial charge in [-0.2, -0.15) is 0 Å². The third-order valence-corrected chi connectivity index (χ3v) is 4.08. The van der Waals surface area contributed by atoms with Gasteiger partial charge >= 0.3 is 5.63 Å². The van der Waals surface area contributed by atoms with E-state index in [9.17, 15) is 13.2 Å². The summed E-state index contributed by atoms with van der Waals surface area (Å²) in [6.07, 6.45) is 0.980. The minimum atomic E-state index is -3.53. The second-order valence-corrected chi connectivity index (χ2v) is 6.92. The Morgan fingerprint density at radius 2 is 1.55 bits per heavy atom. The number of hydrogen-bond donors (Lipinski definition) is 0. The van der Waals surface area contributed by atoms with E-state index < -0.39 is 15.5 Å². The highest BCUT2D eigenvalue weighted by Crippen LogP contribution is 2.14. The Morgan fingerprint density at radius 3 is 2.09 bits per heavy atom. The second-order valence-electron chi connectivity index (χ2n) is 4.50. The summed E-state index contributed by atoms with van der Waals surface area (Å²) in [5, 5.41) is 1.39. The van der Waals surface area contributed by atoms with Crippen molar-refractivity contribution in [2.24, 2.45) is 0 Å². The third-order valence-electron chi connectivity index (χ3n) is 2.74. The lowest BCUT2D eigenvalue weighted by molar-refractivity contribution is 0.534. The molecule has 0 aliphatic heterocycles. The maximum Gasteiger partial charge on any atom is 0.355 e. The molecule has 0 saturated carbocycles. The van der Waals surface area contributed by atoms with Crippen molar-refractivity contribution in [3.8, 4) is 0 Å². The number of rotatable bonds is 1.